The number of amides is 2. The van der Waals surface area contributed by atoms with Gasteiger partial charge in [0.1, 0.15) is 6.10 Å². The highest BCUT2D eigenvalue weighted by Gasteiger charge is 2.33. The van der Waals surface area contributed by atoms with Crippen molar-refractivity contribution < 1.29 is 14.7 Å². The molecule has 0 rings (SSSR count). The summed E-state index contributed by atoms with van der Waals surface area (Å²) in [4.78, 5) is 22.4. The van der Waals surface area contributed by atoms with Crippen LogP contribution in [0.15, 0.2) is 0 Å². The van der Waals surface area contributed by atoms with E-state index < -0.39 is 17.4 Å². The van der Waals surface area contributed by atoms with Gasteiger partial charge in [0.2, 0.25) is 11.8 Å². The van der Waals surface area contributed by atoms with Gasteiger partial charge in [-0.25, -0.2) is 0 Å². The highest BCUT2D eigenvalue weighted by Crippen LogP contribution is 2.24. The molecule has 2 amide bonds. The van der Waals surface area contributed by atoms with Crippen molar-refractivity contribution in [2.45, 2.75) is 32.8 Å². The minimum atomic E-state index is -1.35. The van der Waals surface area contributed by atoms with Crippen molar-refractivity contribution in [3.63, 3.8) is 0 Å². The molecule has 0 aromatic heterocycles. The average molecular weight is 231 g/mol. The molecule has 6 heteroatoms. The molecule has 1 unspecified atom stereocenters. The van der Waals surface area contributed by atoms with Crippen molar-refractivity contribution in [2.75, 3.05) is 13.1 Å². The van der Waals surface area contributed by atoms with Crippen LogP contribution in [0.3, 0.4) is 0 Å². The molecule has 0 aromatic rings. The van der Waals surface area contributed by atoms with Gasteiger partial charge in [0.15, 0.2) is 0 Å². The van der Waals surface area contributed by atoms with Crippen molar-refractivity contribution in [1.82, 2.24) is 5.32 Å². The second-order valence-corrected chi connectivity index (χ2v) is 3.82. The molecule has 0 spiro atoms. The molecule has 0 aliphatic heterocycles. The summed E-state index contributed by atoms with van der Waals surface area (Å²) in [6, 6.07) is 0. The lowest BCUT2D eigenvalue weighted by Gasteiger charge is -2.28. The number of hydrogen-bond donors (Lipinski definition) is 4. The number of primary amides is 1. The number of aliphatic hydroxyl groups excluding tert-OH is 1. The molecule has 1 atom stereocenters. The van der Waals surface area contributed by atoms with Crippen molar-refractivity contribution in [3.8, 4) is 0 Å². The Hall–Kier alpha value is -1.14. The highest BCUT2D eigenvalue weighted by molar-refractivity contribution is 5.84. The van der Waals surface area contributed by atoms with Crippen LogP contribution in [0.5, 0.6) is 0 Å². The topological polar surface area (TPSA) is 118 Å². The van der Waals surface area contributed by atoms with E-state index in [1.807, 2.05) is 13.8 Å². The van der Waals surface area contributed by atoms with Gasteiger partial charge in [0, 0.05) is 6.54 Å². The van der Waals surface area contributed by atoms with Crippen molar-refractivity contribution >= 4 is 11.8 Å². The Bertz CT molecular complexity index is 243. The Morgan fingerprint density at radius 1 is 1.38 bits per heavy atom. The zero-order valence-electron chi connectivity index (χ0n) is 9.82. The quantitative estimate of drug-likeness (QED) is 0.436. The van der Waals surface area contributed by atoms with E-state index in [9.17, 15) is 9.59 Å². The monoisotopic (exact) mass is 231 g/mol. The maximum absolute atomic E-state index is 11.8. The van der Waals surface area contributed by atoms with Crippen LogP contribution in [-0.2, 0) is 9.59 Å². The van der Waals surface area contributed by atoms with Gasteiger partial charge in [-0.05, 0) is 12.8 Å². The molecule has 0 aliphatic rings. The summed E-state index contributed by atoms with van der Waals surface area (Å²) in [5.74, 6) is -1.10. The van der Waals surface area contributed by atoms with E-state index in [4.69, 9.17) is 16.6 Å². The molecule has 0 fully saturated rings. The number of hydrogen-bond acceptors (Lipinski definition) is 4. The first-order chi connectivity index (χ1) is 7.43. The molecule has 0 aliphatic carbocycles. The van der Waals surface area contributed by atoms with Crippen LogP contribution in [0, 0.1) is 5.41 Å². The predicted molar refractivity (Wildman–Crippen MR) is 60.3 cm³/mol. The Balaban J connectivity index is 4.38. The summed E-state index contributed by atoms with van der Waals surface area (Å²) in [5.41, 5.74) is 9.82. The first-order valence-electron chi connectivity index (χ1n) is 5.39. The molecular weight excluding hydrogens is 210 g/mol. The largest absolute Gasteiger partial charge is 0.381 e. The zero-order chi connectivity index (χ0) is 12.8. The standard InChI is InChI=1S/C10H21N3O3/c1-3-10(4-2,6-11)9(16)13-5-7(14)8(12)15/h7,14H,3-6,11H2,1-2H3,(H2,12,15)(H,13,16). The van der Waals surface area contributed by atoms with E-state index in [0.29, 0.717) is 12.8 Å². The molecule has 0 aromatic carbocycles. The number of carbonyl (C=O) groups is 2. The van der Waals surface area contributed by atoms with Crippen LogP contribution in [0.1, 0.15) is 26.7 Å². The molecule has 0 heterocycles. The highest BCUT2D eigenvalue weighted by atomic mass is 16.3. The summed E-state index contributed by atoms with van der Waals surface area (Å²) in [6.07, 6.45) is -0.134. The van der Waals surface area contributed by atoms with Crippen LogP contribution in [0.4, 0.5) is 0 Å². The second-order valence-electron chi connectivity index (χ2n) is 3.82. The van der Waals surface area contributed by atoms with E-state index in [-0.39, 0.29) is 19.0 Å². The fourth-order valence-electron chi connectivity index (χ4n) is 1.43. The third-order valence-electron chi connectivity index (χ3n) is 3.01. The van der Waals surface area contributed by atoms with Crippen LogP contribution in [-0.4, -0.2) is 36.1 Å². The van der Waals surface area contributed by atoms with Crippen LogP contribution >= 0.6 is 0 Å². The summed E-state index contributed by atoms with van der Waals surface area (Å²) in [7, 11) is 0. The third-order valence-corrected chi connectivity index (χ3v) is 3.01. The van der Waals surface area contributed by atoms with Gasteiger partial charge in [-0.15, -0.1) is 0 Å². The lowest BCUT2D eigenvalue weighted by molar-refractivity contribution is -0.132. The van der Waals surface area contributed by atoms with E-state index in [2.05, 4.69) is 5.32 Å². The fourth-order valence-corrected chi connectivity index (χ4v) is 1.43. The molecule has 0 saturated heterocycles. The predicted octanol–water partition coefficient (Wildman–Crippen LogP) is -1.29. The van der Waals surface area contributed by atoms with Gasteiger partial charge < -0.3 is 21.9 Å². The maximum Gasteiger partial charge on any atom is 0.248 e. The molecule has 0 radical (unpaired) electrons. The molecule has 16 heavy (non-hydrogen) atoms. The Morgan fingerprint density at radius 3 is 2.19 bits per heavy atom. The van der Waals surface area contributed by atoms with Gasteiger partial charge in [-0.1, -0.05) is 13.8 Å². The number of carbonyl (C=O) groups excluding carboxylic acids is 2. The SMILES string of the molecule is CCC(CC)(CN)C(=O)NCC(O)C(N)=O. The first-order valence-corrected chi connectivity index (χ1v) is 5.39. The first kappa shape index (κ1) is 14.9. The summed E-state index contributed by atoms with van der Waals surface area (Å²) >= 11 is 0. The van der Waals surface area contributed by atoms with E-state index in [0.717, 1.165) is 0 Å². The minimum Gasteiger partial charge on any atom is -0.381 e. The smallest absolute Gasteiger partial charge is 0.248 e. The molecule has 0 bridgehead atoms. The third kappa shape index (κ3) is 3.46. The van der Waals surface area contributed by atoms with Gasteiger partial charge in [-0.2, -0.15) is 0 Å². The normalized spacial score (nSPS) is 13.2. The van der Waals surface area contributed by atoms with Crippen LogP contribution in [0.25, 0.3) is 0 Å². The van der Waals surface area contributed by atoms with Gasteiger partial charge in [0.05, 0.1) is 12.0 Å². The second kappa shape index (κ2) is 6.44. The van der Waals surface area contributed by atoms with Crippen molar-refractivity contribution in [3.05, 3.63) is 0 Å². The number of aliphatic hydroxyl groups is 1. The minimum absolute atomic E-state index is 0.171. The van der Waals surface area contributed by atoms with Crippen LogP contribution < -0.4 is 16.8 Å². The number of rotatable bonds is 7. The maximum atomic E-state index is 11.8. The molecule has 6 N–H and O–H groups in total. The van der Waals surface area contributed by atoms with E-state index in [1.54, 1.807) is 0 Å². The van der Waals surface area contributed by atoms with E-state index in [1.165, 1.54) is 0 Å². The molecule has 0 saturated carbocycles. The van der Waals surface area contributed by atoms with Gasteiger partial charge >= 0.3 is 0 Å². The Labute approximate surface area is 95.4 Å². The summed E-state index contributed by atoms with van der Waals surface area (Å²) < 4.78 is 0. The van der Waals surface area contributed by atoms with E-state index >= 15 is 0 Å². The Morgan fingerprint density at radius 2 is 1.88 bits per heavy atom. The number of nitrogens with two attached hydrogens (primary N) is 2. The summed E-state index contributed by atoms with van der Waals surface area (Å²) in [6.45, 7) is 3.81. The lowest BCUT2D eigenvalue weighted by atomic mass is 9.81. The molecule has 6 nitrogen and oxygen atoms in total. The van der Waals surface area contributed by atoms with Crippen molar-refractivity contribution in [1.29, 1.82) is 0 Å². The summed E-state index contributed by atoms with van der Waals surface area (Å²) in [5, 5.41) is 11.6. The fraction of sp³-hybridized carbons (Fsp3) is 0.800. The zero-order valence-corrected chi connectivity index (χ0v) is 9.82. The Kier molecular flexibility index (Phi) is 5.98. The van der Waals surface area contributed by atoms with Gasteiger partial charge in [-0.3, -0.25) is 9.59 Å². The van der Waals surface area contributed by atoms with Crippen molar-refractivity contribution in [2.24, 2.45) is 16.9 Å². The van der Waals surface area contributed by atoms with Gasteiger partial charge in [0.25, 0.3) is 0 Å². The van der Waals surface area contributed by atoms with Crippen LogP contribution in [0.2, 0.25) is 0 Å². The number of nitrogens with one attached hydrogen (secondary N) is 1. The molecule has 94 valence electrons. The molecular formula is C10H21N3O3. The lowest BCUT2D eigenvalue weighted by Crippen LogP contribution is -2.49. The average Bonchev–Trinajstić information content (AvgIpc) is 2.28.